The number of hydrogen-bond donors (Lipinski definition) is 1. The number of aromatic nitrogens is 1. The molecule has 0 saturated carbocycles. The Kier molecular flexibility index (Phi) is 2.87. The van der Waals surface area contributed by atoms with Gasteiger partial charge >= 0.3 is 0 Å². The first kappa shape index (κ1) is 9.98. The van der Waals surface area contributed by atoms with Crippen molar-refractivity contribution in [2.24, 2.45) is 0 Å². The fourth-order valence-electron chi connectivity index (χ4n) is 1.22. The molecule has 2 rings (SSSR count). The average molecular weight is 220 g/mol. The van der Waals surface area contributed by atoms with E-state index in [9.17, 15) is 0 Å². The number of ether oxygens (including phenoxy) is 1. The molecule has 2 aromatic rings. The standard InChI is InChI=1S/C11H12N2OS/c1-8-7-15-11(13-8)6-14-10-4-2-3-9(12)5-10/h2-5,7H,6,12H2,1H3. The normalized spacial score (nSPS) is 10.2. The van der Waals surface area contributed by atoms with Crippen LogP contribution in [0.1, 0.15) is 10.7 Å². The zero-order valence-electron chi connectivity index (χ0n) is 8.43. The van der Waals surface area contributed by atoms with Gasteiger partial charge in [0.2, 0.25) is 0 Å². The summed E-state index contributed by atoms with van der Waals surface area (Å²) in [7, 11) is 0. The molecule has 0 amide bonds. The highest BCUT2D eigenvalue weighted by molar-refractivity contribution is 7.09. The van der Waals surface area contributed by atoms with E-state index in [-0.39, 0.29) is 0 Å². The number of hydrogen-bond acceptors (Lipinski definition) is 4. The quantitative estimate of drug-likeness (QED) is 0.809. The smallest absolute Gasteiger partial charge is 0.140 e. The summed E-state index contributed by atoms with van der Waals surface area (Å²) in [5, 5.41) is 2.99. The zero-order chi connectivity index (χ0) is 10.7. The van der Waals surface area contributed by atoms with Crippen molar-refractivity contribution in [2.45, 2.75) is 13.5 Å². The van der Waals surface area contributed by atoms with E-state index in [1.165, 1.54) is 0 Å². The minimum absolute atomic E-state index is 0.502. The number of nitrogens with two attached hydrogens (primary N) is 1. The number of anilines is 1. The van der Waals surface area contributed by atoms with Crippen LogP contribution in [0.15, 0.2) is 29.6 Å². The molecule has 4 heteroatoms. The summed E-state index contributed by atoms with van der Waals surface area (Å²) in [6, 6.07) is 7.40. The summed E-state index contributed by atoms with van der Waals surface area (Å²) < 4.78 is 5.55. The second-order valence-electron chi connectivity index (χ2n) is 3.24. The Morgan fingerprint density at radius 1 is 1.47 bits per heavy atom. The third-order valence-corrected chi connectivity index (χ3v) is 2.83. The van der Waals surface area contributed by atoms with Gasteiger partial charge in [-0.2, -0.15) is 0 Å². The van der Waals surface area contributed by atoms with E-state index < -0.39 is 0 Å². The van der Waals surface area contributed by atoms with Crippen molar-refractivity contribution in [3.05, 3.63) is 40.3 Å². The SMILES string of the molecule is Cc1csc(COc2cccc(N)c2)n1. The molecule has 1 aromatic heterocycles. The first-order chi connectivity index (χ1) is 7.24. The summed E-state index contributed by atoms with van der Waals surface area (Å²) >= 11 is 1.61. The van der Waals surface area contributed by atoms with Crippen LogP contribution >= 0.6 is 11.3 Å². The van der Waals surface area contributed by atoms with Gasteiger partial charge in [-0.15, -0.1) is 11.3 Å². The minimum Gasteiger partial charge on any atom is -0.486 e. The molecular formula is C11H12N2OS. The Morgan fingerprint density at radius 2 is 2.33 bits per heavy atom. The molecule has 3 nitrogen and oxygen atoms in total. The van der Waals surface area contributed by atoms with Crippen LogP contribution in [0.4, 0.5) is 5.69 Å². The summed E-state index contributed by atoms with van der Waals surface area (Å²) in [5.74, 6) is 0.780. The Morgan fingerprint density at radius 3 is 3.00 bits per heavy atom. The van der Waals surface area contributed by atoms with Crippen LogP contribution in [-0.2, 0) is 6.61 Å². The average Bonchev–Trinajstić information content (AvgIpc) is 2.62. The fourth-order valence-corrected chi connectivity index (χ4v) is 1.90. The lowest BCUT2D eigenvalue weighted by Crippen LogP contribution is -1.95. The molecule has 0 fully saturated rings. The van der Waals surface area contributed by atoms with Crippen LogP contribution in [-0.4, -0.2) is 4.98 Å². The van der Waals surface area contributed by atoms with E-state index in [2.05, 4.69) is 4.98 Å². The second-order valence-corrected chi connectivity index (χ2v) is 4.19. The minimum atomic E-state index is 0.502. The summed E-state index contributed by atoms with van der Waals surface area (Å²) in [6.45, 7) is 2.47. The van der Waals surface area contributed by atoms with Gasteiger partial charge in [-0.1, -0.05) is 6.07 Å². The van der Waals surface area contributed by atoms with Crippen molar-refractivity contribution < 1.29 is 4.74 Å². The van der Waals surface area contributed by atoms with Crippen molar-refractivity contribution in [3.8, 4) is 5.75 Å². The number of nitrogen functional groups attached to an aromatic ring is 1. The van der Waals surface area contributed by atoms with Crippen LogP contribution in [0, 0.1) is 6.92 Å². The van der Waals surface area contributed by atoms with Gasteiger partial charge in [-0.3, -0.25) is 0 Å². The molecule has 0 unspecified atom stereocenters. The van der Waals surface area contributed by atoms with Crippen molar-refractivity contribution >= 4 is 17.0 Å². The van der Waals surface area contributed by atoms with E-state index in [0.29, 0.717) is 12.3 Å². The Labute approximate surface area is 92.5 Å². The molecular weight excluding hydrogens is 208 g/mol. The molecule has 0 radical (unpaired) electrons. The summed E-state index contributed by atoms with van der Waals surface area (Å²) in [6.07, 6.45) is 0. The maximum atomic E-state index is 5.64. The molecule has 2 N–H and O–H groups in total. The second kappa shape index (κ2) is 4.31. The monoisotopic (exact) mass is 220 g/mol. The third kappa shape index (κ3) is 2.70. The van der Waals surface area contributed by atoms with E-state index in [0.717, 1.165) is 16.5 Å². The fraction of sp³-hybridized carbons (Fsp3) is 0.182. The van der Waals surface area contributed by atoms with Crippen molar-refractivity contribution in [1.82, 2.24) is 4.98 Å². The van der Waals surface area contributed by atoms with Crippen LogP contribution in [0.25, 0.3) is 0 Å². The molecule has 1 aromatic carbocycles. The lowest BCUT2D eigenvalue weighted by Gasteiger charge is -2.04. The zero-order valence-corrected chi connectivity index (χ0v) is 9.25. The molecule has 0 saturated heterocycles. The van der Waals surface area contributed by atoms with E-state index >= 15 is 0 Å². The topological polar surface area (TPSA) is 48.1 Å². The third-order valence-electron chi connectivity index (χ3n) is 1.89. The van der Waals surface area contributed by atoms with Crippen LogP contribution in [0.3, 0.4) is 0 Å². The summed E-state index contributed by atoms with van der Waals surface area (Å²) in [5.41, 5.74) is 7.38. The molecule has 15 heavy (non-hydrogen) atoms. The van der Waals surface area contributed by atoms with Crippen molar-refractivity contribution in [3.63, 3.8) is 0 Å². The molecule has 0 atom stereocenters. The van der Waals surface area contributed by atoms with Crippen molar-refractivity contribution in [2.75, 3.05) is 5.73 Å². The Balaban J connectivity index is 1.99. The predicted octanol–water partition coefficient (Wildman–Crippen LogP) is 2.61. The van der Waals surface area contributed by atoms with Gasteiger partial charge in [0, 0.05) is 22.8 Å². The van der Waals surface area contributed by atoms with Gasteiger partial charge in [0.1, 0.15) is 17.4 Å². The van der Waals surface area contributed by atoms with Crippen LogP contribution < -0.4 is 10.5 Å². The highest BCUT2D eigenvalue weighted by Gasteiger charge is 2.00. The Bertz CT molecular complexity index is 453. The van der Waals surface area contributed by atoms with Gasteiger partial charge < -0.3 is 10.5 Å². The number of nitrogens with zero attached hydrogens (tertiary/aromatic N) is 1. The Hall–Kier alpha value is -1.55. The highest BCUT2D eigenvalue weighted by Crippen LogP contribution is 2.17. The largest absolute Gasteiger partial charge is 0.486 e. The predicted molar refractivity (Wildman–Crippen MR) is 62.0 cm³/mol. The van der Waals surface area contributed by atoms with Crippen LogP contribution in [0.5, 0.6) is 5.75 Å². The van der Waals surface area contributed by atoms with E-state index in [1.807, 2.05) is 30.5 Å². The number of benzene rings is 1. The van der Waals surface area contributed by atoms with Gasteiger partial charge in [0.25, 0.3) is 0 Å². The molecule has 78 valence electrons. The first-order valence-corrected chi connectivity index (χ1v) is 5.51. The van der Waals surface area contributed by atoms with Gasteiger partial charge in [0.05, 0.1) is 0 Å². The van der Waals surface area contributed by atoms with Gasteiger partial charge in [-0.25, -0.2) is 4.98 Å². The molecule has 1 heterocycles. The lowest BCUT2D eigenvalue weighted by molar-refractivity contribution is 0.305. The lowest BCUT2D eigenvalue weighted by atomic mass is 10.3. The van der Waals surface area contributed by atoms with E-state index in [1.54, 1.807) is 17.4 Å². The molecule has 0 aliphatic heterocycles. The van der Waals surface area contributed by atoms with E-state index in [4.69, 9.17) is 10.5 Å². The number of aryl methyl sites for hydroxylation is 1. The highest BCUT2D eigenvalue weighted by atomic mass is 32.1. The summed E-state index contributed by atoms with van der Waals surface area (Å²) in [4.78, 5) is 4.31. The van der Waals surface area contributed by atoms with Gasteiger partial charge in [-0.05, 0) is 19.1 Å². The molecule has 0 aliphatic rings. The maximum absolute atomic E-state index is 5.64. The molecule has 0 bridgehead atoms. The number of rotatable bonds is 3. The first-order valence-electron chi connectivity index (χ1n) is 4.63. The van der Waals surface area contributed by atoms with Crippen LogP contribution in [0.2, 0.25) is 0 Å². The molecule has 0 aliphatic carbocycles. The maximum Gasteiger partial charge on any atom is 0.140 e. The molecule has 0 spiro atoms. The number of thiazole rings is 1. The van der Waals surface area contributed by atoms with Gasteiger partial charge in [0.15, 0.2) is 0 Å². The van der Waals surface area contributed by atoms with Crippen molar-refractivity contribution in [1.29, 1.82) is 0 Å².